The van der Waals surface area contributed by atoms with Crippen molar-refractivity contribution in [2.75, 3.05) is 6.54 Å². The Morgan fingerprint density at radius 2 is 2.29 bits per heavy atom. The molecule has 1 rings (SSSR count). The van der Waals surface area contributed by atoms with Gasteiger partial charge in [-0.05, 0) is 32.0 Å². The molecule has 1 N–H and O–H groups in total. The molecule has 14 heavy (non-hydrogen) atoms. The van der Waals surface area contributed by atoms with E-state index in [4.69, 9.17) is 0 Å². The quantitative estimate of drug-likeness (QED) is 0.732. The predicted octanol–water partition coefficient (Wildman–Crippen LogP) is 2.67. The van der Waals surface area contributed by atoms with Gasteiger partial charge in [0.2, 0.25) is 0 Å². The Morgan fingerprint density at radius 1 is 1.50 bits per heavy atom. The van der Waals surface area contributed by atoms with Crippen molar-refractivity contribution in [3.05, 3.63) is 29.8 Å². The van der Waals surface area contributed by atoms with Gasteiger partial charge in [-0.15, -0.1) is 0 Å². The molecule has 0 aliphatic heterocycles. The van der Waals surface area contributed by atoms with E-state index in [9.17, 15) is 4.39 Å². The summed E-state index contributed by atoms with van der Waals surface area (Å²) in [5.74, 6) is -0.283. The molecule has 1 aromatic heterocycles. The third-order valence-corrected chi connectivity index (χ3v) is 2.17. The molecule has 0 aliphatic carbocycles. The summed E-state index contributed by atoms with van der Waals surface area (Å²) in [6.07, 6.45) is 3.59. The molecule has 0 saturated carbocycles. The van der Waals surface area contributed by atoms with E-state index in [-0.39, 0.29) is 11.9 Å². The molecule has 0 saturated heterocycles. The lowest BCUT2D eigenvalue weighted by atomic mass is 10.2. The van der Waals surface area contributed by atoms with Crippen LogP contribution in [0.2, 0.25) is 0 Å². The van der Waals surface area contributed by atoms with Crippen LogP contribution < -0.4 is 5.32 Å². The van der Waals surface area contributed by atoms with Crippen molar-refractivity contribution < 1.29 is 4.39 Å². The van der Waals surface area contributed by atoms with Crippen molar-refractivity contribution in [1.82, 2.24) is 10.3 Å². The molecular weight excluding hydrogens is 179 g/mol. The fraction of sp³-hybridized carbons (Fsp3) is 0.545. The van der Waals surface area contributed by atoms with Crippen LogP contribution in [0.3, 0.4) is 0 Å². The summed E-state index contributed by atoms with van der Waals surface area (Å²) >= 11 is 0. The topological polar surface area (TPSA) is 24.9 Å². The highest BCUT2D eigenvalue weighted by atomic mass is 19.1. The minimum atomic E-state index is -0.283. The zero-order valence-corrected chi connectivity index (χ0v) is 8.76. The molecule has 1 heterocycles. The molecule has 0 bridgehead atoms. The summed E-state index contributed by atoms with van der Waals surface area (Å²) < 4.78 is 12.6. The van der Waals surface area contributed by atoms with E-state index in [1.807, 2.05) is 6.92 Å². The first-order chi connectivity index (χ1) is 6.74. The van der Waals surface area contributed by atoms with Crippen LogP contribution in [-0.4, -0.2) is 11.5 Å². The van der Waals surface area contributed by atoms with Crippen molar-refractivity contribution in [3.63, 3.8) is 0 Å². The summed E-state index contributed by atoms with van der Waals surface area (Å²) in [6.45, 7) is 5.18. The second-order valence-corrected chi connectivity index (χ2v) is 3.43. The van der Waals surface area contributed by atoms with Crippen LogP contribution in [0, 0.1) is 5.82 Å². The summed E-state index contributed by atoms with van der Waals surface area (Å²) in [5.41, 5.74) is 0.891. The van der Waals surface area contributed by atoms with Crippen LogP contribution in [0.1, 0.15) is 38.4 Å². The van der Waals surface area contributed by atoms with Gasteiger partial charge in [0.05, 0.1) is 11.9 Å². The molecule has 1 aromatic rings. The Labute approximate surface area is 84.6 Å². The fourth-order valence-electron chi connectivity index (χ4n) is 1.24. The maximum absolute atomic E-state index is 12.6. The van der Waals surface area contributed by atoms with Crippen LogP contribution in [-0.2, 0) is 0 Å². The second kappa shape index (κ2) is 5.70. The van der Waals surface area contributed by atoms with E-state index >= 15 is 0 Å². The van der Waals surface area contributed by atoms with E-state index in [0.29, 0.717) is 0 Å². The van der Waals surface area contributed by atoms with Gasteiger partial charge in [0.15, 0.2) is 0 Å². The van der Waals surface area contributed by atoms with Crippen LogP contribution >= 0.6 is 0 Å². The van der Waals surface area contributed by atoms with Crippen molar-refractivity contribution >= 4 is 0 Å². The van der Waals surface area contributed by atoms with E-state index in [1.54, 1.807) is 6.07 Å². The van der Waals surface area contributed by atoms with Gasteiger partial charge in [-0.3, -0.25) is 4.98 Å². The van der Waals surface area contributed by atoms with Gasteiger partial charge in [0, 0.05) is 6.04 Å². The zero-order chi connectivity index (χ0) is 10.4. The summed E-state index contributed by atoms with van der Waals surface area (Å²) in [6, 6.07) is 3.36. The molecule has 3 heteroatoms. The Hall–Kier alpha value is -0.960. The molecule has 0 fully saturated rings. The largest absolute Gasteiger partial charge is 0.309 e. The highest BCUT2D eigenvalue weighted by Crippen LogP contribution is 2.09. The Morgan fingerprint density at radius 3 is 2.86 bits per heavy atom. The molecule has 0 radical (unpaired) electrons. The van der Waals surface area contributed by atoms with Crippen molar-refractivity contribution in [2.24, 2.45) is 0 Å². The highest BCUT2D eigenvalue weighted by Gasteiger charge is 2.04. The Balaban J connectivity index is 2.43. The number of unbranched alkanes of at least 4 members (excludes halogenated alkanes) is 1. The Bertz CT molecular complexity index is 258. The molecule has 78 valence electrons. The average Bonchev–Trinajstić information content (AvgIpc) is 2.19. The van der Waals surface area contributed by atoms with Gasteiger partial charge in [0.25, 0.3) is 0 Å². The summed E-state index contributed by atoms with van der Waals surface area (Å²) in [5, 5.41) is 3.33. The first kappa shape index (κ1) is 11.1. The third kappa shape index (κ3) is 3.42. The summed E-state index contributed by atoms with van der Waals surface area (Å²) in [7, 11) is 0. The average molecular weight is 196 g/mol. The lowest BCUT2D eigenvalue weighted by Crippen LogP contribution is -2.20. The monoisotopic (exact) mass is 196 g/mol. The first-order valence-electron chi connectivity index (χ1n) is 5.09. The van der Waals surface area contributed by atoms with E-state index in [2.05, 4.69) is 17.2 Å². The van der Waals surface area contributed by atoms with E-state index in [0.717, 1.165) is 18.7 Å². The molecule has 2 nitrogen and oxygen atoms in total. The fourth-order valence-corrected chi connectivity index (χ4v) is 1.24. The minimum Gasteiger partial charge on any atom is -0.309 e. The number of hydrogen-bond donors (Lipinski definition) is 1. The third-order valence-electron chi connectivity index (χ3n) is 2.17. The summed E-state index contributed by atoms with van der Waals surface area (Å²) in [4.78, 5) is 4.02. The van der Waals surface area contributed by atoms with Crippen LogP contribution in [0.15, 0.2) is 18.3 Å². The maximum atomic E-state index is 12.6. The van der Waals surface area contributed by atoms with Crippen molar-refractivity contribution in [1.29, 1.82) is 0 Å². The lowest BCUT2D eigenvalue weighted by Gasteiger charge is -2.12. The Kier molecular flexibility index (Phi) is 4.53. The molecule has 0 aromatic carbocycles. The number of pyridine rings is 1. The van der Waals surface area contributed by atoms with Gasteiger partial charge in [0.1, 0.15) is 5.82 Å². The van der Waals surface area contributed by atoms with Gasteiger partial charge in [-0.25, -0.2) is 4.39 Å². The number of rotatable bonds is 5. The van der Waals surface area contributed by atoms with Gasteiger partial charge >= 0.3 is 0 Å². The minimum absolute atomic E-state index is 0.196. The number of hydrogen-bond acceptors (Lipinski definition) is 2. The first-order valence-corrected chi connectivity index (χ1v) is 5.09. The van der Waals surface area contributed by atoms with Crippen LogP contribution in [0.4, 0.5) is 4.39 Å². The second-order valence-electron chi connectivity index (χ2n) is 3.43. The number of aromatic nitrogens is 1. The van der Waals surface area contributed by atoms with Crippen LogP contribution in [0.5, 0.6) is 0 Å². The SMILES string of the molecule is CCCCNC(C)c1ccc(F)cn1. The van der Waals surface area contributed by atoms with Gasteiger partial charge in [-0.2, -0.15) is 0 Å². The van der Waals surface area contributed by atoms with Crippen molar-refractivity contribution in [2.45, 2.75) is 32.7 Å². The highest BCUT2D eigenvalue weighted by molar-refractivity contribution is 5.08. The number of nitrogens with one attached hydrogen (secondary N) is 1. The predicted molar refractivity (Wildman–Crippen MR) is 55.5 cm³/mol. The normalized spacial score (nSPS) is 12.8. The smallest absolute Gasteiger partial charge is 0.141 e. The standard InChI is InChI=1S/C11H17FN2/c1-3-4-7-13-9(2)11-6-5-10(12)8-14-11/h5-6,8-9,13H,3-4,7H2,1-2H3. The number of nitrogens with zero attached hydrogens (tertiary/aromatic N) is 1. The molecule has 1 unspecified atom stereocenters. The van der Waals surface area contributed by atoms with E-state index < -0.39 is 0 Å². The maximum Gasteiger partial charge on any atom is 0.141 e. The molecule has 1 atom stereocenters. The van der Waals surface area contributed by atoms with Gasteiger partial charge in [-0.1, -0.05) is 13.3 Å². The van der Waals surface area contributed by atoms with Crippen molar-refractivity contribution in [3.8, 4) is 0 Å². The lowest BCUT2D eigenvalue weighted by molar-refractivity contribution is 0.539. The molecule has 0 aliphatic rings. The zero-order valence-electron chi connectivity index (χ0n) is 8.76. The number of halogens is 1. The molecule has 0 spiro atoms. The van der Waals surface area contributed by atoms with Crippen LogP contribution in [0.25, 0.3) is 0 Å². The molecular formula is C11H17FN2. The molecule has 0 amide bonds. The van der Waals surface area contributed by atoms with Gasteiger partial charge < -0.3 is 5.32 Å². The van der Waals surface area contributed by atoms with E-state index in [1.165, 1.54) is 18.7 Å².